The van der Waals surface area contributed by atoms with E-state index in [0.29, 0.717) is 5.82 Å². The number of aromatic nitrogens is 2. The van der Waals surface area contributed by atoms with Gasteiger partial charge in [0.2, 0.25) is 0 Å². The molecule has 1 aliphatic rings. The molecule has 0 unspecified atom stereocenters. The fraction of sp³-hybridized carbons (Fsp3) is 0.318. The van der Waals surface area contributed by atoms with Crippen molar-refractivity contribution >= 4 is 23.1 Å². The topological polar surface area (TPSA) is 87.1 Å². The number of anilines is 1. The van der Waals surface area contributed by atoms with E-state index < -0.39 is 5.82 Å². The quantitative estimate of drug-likeness (QED) is 0.532. The van der Waals surface area contributed by atoms with Crippen LogP contribution < -0.4 is 10.6 Å². The van der Waals surface area contributed by atoms with Crippen LogP contribution in [0.4, 0.5) is 10.2 Å². The lowest BCUT2D eigenvalue weighted by Gasteiger charge is -2.17. The summed E-state index contributed by atoms with van der Waals surface area (Å²) in [5, 5.41) is 15.4. The standard InChI is InChI=1S/C22H23FN4O2S/c1-12-5-19(23)17(22(29)27-15-3-4-15)7-16(12)14-6-18(20-9-24-11-30-20)21(25-8-14)26-13(2)10-28/h5-9,11,13,15,28H,3-4,10H2,1-2H3,(H,25,26)(H,27,29)/t13-/m0/s1. The van der Waals surface area contributed by atoms with E-state index >= 15 is 0 Å². The van der Waals surface area contributed by atoms with Gasteiger partial charge in [-0.15, -0.1) is 11.3 Å². The Hall–Kier alpha value is -2.84. The zero-order chi connectivity index (χ0) is 21.3. The molecule has 1 aliphatic carbocycles. The van der Waals surface area contributed by atoms with Gasteiger partial charge in [0.15, 0.2) is 0 Å². The number of hydrogen-bond donors (Lipinski definition) is 3. The van der Waals surface area contributed by atoms with Crippen LogP contribution in [0.2, 0.25) is 0 Å². The highest BCUT2D eigenvalue weighted by Gasteiger charge is 2.26. The maximum absolute atomic E-state index is 14.5. The van der Waals surface area contributed by atoms with E-state index in [-0.39, 0.29) is 30.2 Å². The highest BCUT2D eigenvalue weighted by atomic mass is 32.1. The van der Waals surface area contributed by atoms with Crippen molar-refractivity contribution < 1.29 is 14.3 Å². The molecule has 1 saturated carbocycles. The minimum Gasteiger partial charge on any atom is -0.394 e. The van der Waals surface area contributed by atoms with Gasteiger partial charge in [0.05, 0.1) is 22.6 Å². The van der Waals surface area contributed by atoms with E-state index in [9.17, 15) is 14.3 Å². The molecular formula is C22H23FN4O2S. The summed E-state index contributed by atoms with van der Waals surface area (Å²) in [7, 11) is 0. The van der Waals surface area contributed by atoms with E-state index in [1.807, 2.05) is 19.9 Å². The summed E-state index contributed by atoms with van der Waals surface area (Å²) in [6.07, 6.45) is 5.33. The summed E-state index contributed by atoms with van der Waals surface area (Å²) in [6.45, 7) is 3.65. The normalized spacial score (nSPS) is 14.4. The first-order chi connectivity index (χ1) is 14.5. The summed E-state index contributed by atoms with van der Waals surface area (Å²) < 4.78 is 14.5. The number of aliphatic hydroxyl groups excluding tert-OH is 1. The maximum atomic E-state index is 14.5. The van der Waals surface area contributed by atoms with E-state index in [4.69, 9.17) is 0 Å². The number of pyridine rings is 1. The van der Waals surface area contributed by atoms with Crippen molar-refractivity contribution in [1.29, 1.82) is 0 Å². The van der Waals surface area contributed by atoms with Crippen molar-refractivity contribution in [3.63, 3.8) is 0 Å². The van der Waals surface area contributed by atoms with Crippen molar-refractivity contribution in [3.8, 4) is 21.6 Å². The van der Waals surface area contributed by atoms with Gasteiger partial charge in [0, 0.05) is 35.6 Å². The van der Waals surface area contributed by atoms with Crippen LogP contribution in [0.3, 0.4) is 0 Å². The second-order valence-corrected chi connectivity index (χ2v) is 8.49. The number of hydrogen-bond acceptors (Lipinski definition) is 6. The van der Waals surface area contributed by atoms with Gasteiger partial charge < -0.3 is 15.7 Å². The molecule has 0 saturated heterocycles. The molecule has 3 N–H and O–H groups in total. The summed E-state index contributed by atoms with van der Waals surface area (Å²) in [5.41, 5.74) is 4.86. The van der Waals surface area contributed by atoms with Crippen LogP contribution in [0.25, 0.3) is 21.6 Å². The molecule has 1 amide bonds. The van der Waals surface area contributed by atoms with E-state index in [1.54, 1.807) is 24.0 Å². The average Bonchev–Trinajstić information content (AvgIpc) is 3.37. The minimum absolute atomic E-state index is 0.0257. The van der Waals surface area contributed by atoms with Crippen LogP contribution in [0.15, 0.2) is 36.1 Å². The van der Waals surface area contributed by atoms with Gasteiger partial charge in [-0.1, -0.05) is 0 Å². The molecule has 0 bridgehead atoms. The number of carbonyl (C=O) groups is 1. The smallest absolute Gasteiger partial charge is 0.254 e. The van der Waals surface area contributed by atoms with Crippen LogP contribution in [-0.2, 0) is 0 Å². The van der Waals surface area contributed by atoms with E-state index in [2.05, 4.69) is 20.6 Å². The number of aryl methyl sites for hydroxylation is 1. The third kappa shape index (κ3) is 4.34. The molecule has 1 aromatic carbocycles. The Kier molecular flexibility index (Phi) is 5.78. The number of nitrogens with one attached hydrogen (secondary N) is 2. The zero-order valence-electron chi connectivity index (χ0n) is 16.8. The maximum Gasteiger partial charge on any atom is 0.254 e. The molecule has 0 spiro atoms. The van der Waals surface area contributed by atoms with Crippen LogP contribution in [-0.4, -0.2) is 39.7 Å². The van der Waals surface area contributed by atoms with Crippen molar-refractivity contribution in [2.24, 2.45) is 0 Å². The summed E-state index contributed by atoms with van der Waals surface area (Å²) in [6, 6.07) is 4.93. The second kappa shape index (κ2) is 8.49. The SMILES string of the molecule is Cc1cc(F)c(C(=O)NC2CC2)cc1-c1cnc(N[C@@H](C)CO)c(-c2cncs2)c1. The molecule has 30 heavy (non-hydrogen) atoms. The van der Waals surface area contributed by atoms with Gasteiger partial charge in [-0.2, -0.15) is 0 Å². The molecule has 156 valence electrons. The fourth-order valence-electron chi connectivity index (χ4n) is 3.19. The Balaban J connectivity index is 1.76. The Morgan fingerprint density at radius 1 is 1.30 bits per heavy atom. The molecule has 0 radical (unpaired) electrons. The Labute approximate surface area is 178 Å². The van der Waals surface area contributed by atoms with Crippen molar-refractivity contribution in [2.45, 2.75) is 38.8 Å². The molecule has 1 fully saturated rings. The number of rotatable bonds is 7. The van der Waals surface area contributed by atoms with Gasteiger partial charge in [0.25, 0.3) is 5.91 Å². The van der Waals surface area contributed by atoms with Crippen LogP contribution in [0.5, 0.6) is 0 Å². The molecule has 6 nitrogen and oxygen atoms in total. The first-order valence-electron chi connectivity index (χ1n) is 9.84. The number of carbonyl (C=O) groups excluding carboxylic acids is 1. The first kappa shape index (κ1) is 20.4. The average molecular weight is 427 g/mol. The highest BCUT2D eigenvalue weighted by Crippen LogP contribution is 2.35. The number of aliphatic hydroxyl groups is 1. The number of thiazole rings is 1. The molecule has 3 aromatic rings. The fourth-order valence-corrected chi connectivity index (χ4v) is 3.83. The third-order valence-electron chi connectivity index (χ3n) is 5.02. The lowest BCUT2D eigenvalue weighted by Crippen LogP contribution is -2.26. The molecule has 2 aromatic heterocycles. The van der Waals surface area contributed by atoms with Crippen molar-refractivity contribution in [2.75, 3.05) is 11.9 Å². The second-order valence-electron chi connectivity index (χ2n) is 7.61. The number of amides is 1. The van der Waals surface area contributed by atoms with Gasteiger partial charge in [-0.25, -0.2) is 9.37 Å². The lowest BCUT2D eigenvalue weighted by molar-refractivity contribution is 0.0947. The summed E-state index contributed by atoms with van der Waals surface area (Å²) in [4.78, 5) is 22.1. The van der Waals surface area contributed by atoms with E-state index in [0.717, 1.165) is 40.0 Å². The largest absolute Gasteiger partial charge is 0.394 e. The summed E-state index contributed by atoms with van der Waals surface area (Å²) >= 11 is 1.48. The molecule has 1 atom stereocenters. The van der Waals surface area contributed by atoms with Crippen LogP contribution >= 0.6 is 11.3 Å². The Bertz CT molecular complexity index is 1070. The summed E-state index contributed by atoms with van der Waals surface area (Å²) in [5.74, 6) is -0.280. The lowest BCUT2D eigenvalue weighted by atomic mass is 9.97. The van der Waals surface area contributed by atoms with Gasteiger partial charge in [0.1, 0.15) is 11.6 Å². The number of halogens is 1. The zero-order valence-corrected chi connectivity index (χ0v) is 17.6. The molecule has 0 aliphatic heterocycles. The van der Waals surface area contributed by atoms with Crippen molar-refractivity contribution in [3.05, 3.63) is 53.0 Å². The first-order valence-corrected chi connectivity index (χ1v) is 10.7. The van der Waals surface area contributed by atoms with Crippen molar-refractivity contribution in [1.82, 2.24) is 15.3 Å². The van der Waals surface area contributed by atoms with E-state index in [1.165, 1.54) is 17.4 Å². The molecule has 2 heterocycles. The number of benzene rings is 1. The Morgan fingerprint density at radius 2 is 2.10 bits per heavy atom. The predicted molar refractivity (Wildman–Crippen MR) is 116 cm³/mol. The highest BCUT2D eigenvalue weighted by molar-refractivity contribution is 7.13. The Morgan fingerprint density at radius 3 is 2.77 bits per heavy atom. The van der Waals surface area contributed by atoms with Gasteiger partial charge in [-0.3, -0.25) is 9.78 Å². The predicted octanol–water partition coefficient (Wildman–Crippen LogP) is 4.00. The molecule has 8 heteroatoms. The van der Waals surface area contributed by atoms with Gasteiger partial charge in [-0.05, 0) is 56.0 Å². The van der Waals surface area contributed by atoms with Crippen LogP contribution in [0.1, 0.15) is 35.7 Å². The minimum atomic E-state index is -0.528. The third-order valence-corrected chi connectivity index (χ3v) is 5.83. The monoisotopic (exact) mass is 426 g/mol. The molecule has 4 rings (SSSR count). The number of nitrogens with zero attached hydrogens (tertiary/aromatic N) is 2. The van der Waals surface area contributed by atoms with Gasteiger partial charge >= 0.3 is 0 Å². The van der Waals surface area contributed by atoms with Crippen LogP contribution in [0, 0.1) is 12.7 Å². The molecular weight excluding hydrogens is 403 g/mol.